The van der Waals surface area contributed by atoms with Gasteiger partial charge in [0, 0.05) is 0 Å². The highest BCUT2D eigenvalue weighted by atomic mass is 14.1. The van der Waals surface area contributed by atoms with Gasteiger partial charge in [0.25, 0.3) is 0 Å². The molecule has 0 atom stereocenters. The monoisotopic (exact) mass is 306 g/mol. The van der Waals surface area contributed by atoms with Crippen LogP contribution >= 0.6 is 0 Å². The zero-order chi connectivity index (χ0) is 16.3. The maximum Gasteiger partial charge on any atom is -0.0351 e. The number of rotatable bonds is 16. The molecular weight excluding hydrogens is 264 g/mol. The molecule has 0 bridgehead atoms. The molecule has 0 heterocycles. The van der Waals surface area contributed by atoms with E-state index >= 15 is 0 Å². The Balaban J connectivity index is 3.30. The van der Waals surface area contributed by atoms with Crippen molar-refractivity contribution in [2.75, 3.05) is 0 Å². The lowest BCUT2D eigenvalue weighted by Gasteiger charge is -2.09. The van der Waals surface area contributed by atoms with Crippen molar-refractivity contribution in [2.45, 2.75) is 111 Å². The molecule has 0 saturated heterocycles. The average molecular weight is 307 g/mol. The van der Waals surface area contributed by atoms with E-state index in [1.165, 1.54) is 89.9 Å². The van der Waals surface area contributed by atoms with Crippen LogP contribution in [-0.2, 0) is 0 Å². The molecule has 0 aliphatic heterocycles. The summed E-state index contributed by atoms with van der Waals surface area (Å²) in [6.07, 6.45) is 28.5. The average Bonchev–Trinajstić information content (AvgIpc) is 2.52. The van der Waals surface area contributed by atoms with Crippen LogP contribution in [0, 0.1) is 5.92 Å². The quantitative estimate of drug-likeness (QED) is 0.199. The first kappa shape index (κ1) is 21.5. The third-order valence-electron chi connectivity index (χ3n) is 4.42. The van der Waals surface area contributed by atoms with Crippen LogP contribution in [0.4, 0.5) is 0 Å². The lowest BCUT2D eigenvalue weighted by molar-refractivity contribution is 0.463. The van der Waals surface area contributed by atoms with Crippen molar-refractivity contribution >= 4 is 0 Å². The summed E-state index contributed by atoms with van der Waals surface area (Å²) in [4.78, 5) is 0. The third-order valence-corrected chi connectivity index (χ3v) is 4.42. The van der Waals surface area contributed by atoms with Crippen molar-refractivity contribution in [3.8, 4) is 0 Å². The van der Waals surface area contributed by atoms with Crippen LogP contribution in [-0.4, -0.2) is 0 Å². The molecule has 130 valence electrons. The standard InChI is InChI=1S/C22H42/c1-4-6-8-10-12-14-16-18-20-22(3)21-19-17-15-13-11-9-7-5-2/h12-15,22H,4-11,16-21H2,1-3H3. The Bertz CT molecular complexity index is 223. The van der Waals surface area contributed by atoms with Crippen LogP contribution in [0.25, 0.3) is 0 Å². The van der Waals surface area contributed by atoms with Crippen molar-refractivity contribution in [2.24, 2.45) is 5.92 Å². The maximum absolute atomic E-state index is 2.43. The molecule has 0 heteroatoms. The highest BCUT2D eigenvalue weighted by Gasteiger charge is 2.00. The number of hydrogen-bond acceptors (Lipinski definition) is 0. The largest absolute Gasteiger partial charge is 0.0885 e. The number of allylic oxidation sites excluding steroid dienone is 4. The Morgan fingerprint density at radius 1 is 0.545 bits per heavy atom. The van der Waals surface area contributed by atoms with Gasteiger partial charge in [-0.05, 0) is 57.3 Å². The van der Waals surface area contributed by atoms with Crippen LogP contribution in [0.2, 0.25) is 0 Å². The van der Waals surface area contributed by atoms with Crippen molar-refractivity contribution < 1.29 is 0 Å². The molecule has 0 N–H and O–H groups in total. The SMILES string of the molecule is CCCCCC=CCCCC(C)CCCC=CCCCCC. The second-order valence-electron chi connectivity index (χ2n) is 6.90. The maximum atomic E-state index is 2.43. The fraction of sp³-hybridized carbons (Fsp3) is 0.818. The van der Waals surface area contributed by atoms with E-state index in [2.05, 4.69) is 45.1 Å². The Labute approximate surface area is 141 Å². The van der Waals surface area contributed by atoms with E-state index in [0.29, 0.717) is 0 Å². The fourth-order valence-corrected chi connectivity index (χ4v) is 2.81. The summed E-state index contributed by atoms with van der Waals surface area (Å²) < 4.78 is 0. The van der Waals surface area contributed by atoms with Gasteiger partial charge in [-0.15, -0.1) is 0 Å². The van der Waals surface area contributed by atoms with Gasteiger partial charge in [0.05, 0.1) is 0 Å². The van der Waals surface area contributed by atoms with E-state index in [1.54, 1.807) is 0 Å². The van der Waals surface area contributed by atoms with Crippen LogP contribution < -0.4 is 0 Å². The first-order valence-corrected chi connectivity index (χ1v) is 10.1. The molecule has 0 spiro atoms. The highest BCUT2D eigenvalue weighted by Crippen LogP contribution is 2.16. The summed E-state index contributed by atoms with van der Waals surface area (Å²) in [6, 6.07) is 0. The van der Waals surface area contributed by atoms with E-state index in [9.17, 15) is 0 Å². The van der Waals surface area contributed by atoms with E-state index in [0.717, 1.165) is 5.92 Å². The van der Waals surface area contributed by atoms with E-state index < -0.39 is 0 Å². The van der Waals surface area contributed by atoms with Crippen LogP contribution in [0.5, 0.6) is 0 Å². The second kappa shape index (κ2) is 18.5. The van der Waals surface area contributed by atoms with Gasteiger partial charge < -0.3 is 0 Å². The van der Waals surface area contributed by atoms with Crippen molar-refractivity contribution in [3.05, 3.63) is 24.3 Å². The number of hydrogen-bond donors (Lipinski definition) is 0. The van der Waals surface area contributed by atoms with Crippen LogP contribution in [0.1, 0.15) is 111 Å². The third kappa shape index (κ3) is 17.5. The van der Waals surface area contributed by atoms with Gasteiger partial charge in [0.2, 0.25) is 0 Å². The first-order valence-electron chi connectivity index (χ1n) is 10.1. The van der Waals surface area contributed by atoms with Gasteiger partial charge in [-0.1, -0.05) is 83.6 Å². The van der Waals surface area contributed by atoms with Crippen molar-refractivity contribution in [3.63, 3.8) is 0 Å². The lowest BCUT2D eigenvalue weighted by Crippen LogP contribution is -1.94. The van der Waals surface area contributed by atoms with E-state index in [1.807, 2.05) is 0 Å². The molecule has 0 saturated carbocycles. The fourth-order valence-electron chi connectivity index (χ4n) is 2.81. The molecule has 0 aliphatic carbocycles. The summed E-state index contributed by atoms with van der Waals surface area (Å²) >= 11 is 0. The van der Waals surface area contributed by atoms with Crippen LogP contribution in [0.15, 0.2) is 24.3 Å². The first-order chi connectivity index (χ1) is 10.8. The predicted molar refractivity (Wildman–Crippen MR) is 103 cm³/mol. The smallest absolute Gasteiger partial charge is 0.0351 e. The topological polar surface area (TPSA) is 0 Å². The minimum absolute atomic E-state index is 0.905. The predicted octanol–water partition coefficient (Wildman–Crippen LogP) is 8.24. The minimum atomic E-state index is 0.905. The Morgan fingerprint density at radius 2 is 0.909 bits per heavy atom. The molecule has 0 amide bonds. The molecule has 0 rings (SSSR count). The van der Waals surface area contributed by atoms with Crippen molar-refractivity contribution in [1.29, 1.82) is 0 Å². The summed E-state index contributed by atoms with van der Waals surface area (Å²) in [7, 11) is 0. The van der Waals surface area contributed by atoms with E-state index in [-0.39, 0.29) is 0 Å². The molecule has 0 radical (unpaired) electrons. The summed E-state index contributed by atoms with van der Waals surface area (Å²) in [5.74, 6) is 0.905. The summed E-state index contributed by atoms with van der Waals surface area (Å²) in [5, 5.41) is 0. The molecular formula is C22H42. The van der Waals surface area contributed by atoms with Gasteiger partial charge in [-0.2, -0.15) is 0 Å². The Morgan fingerprint density at radius 3 is 1.27 bits per heavy atom. The van der Waals surface area contributed by atoms with Crippen molar-refractivity contribution in [1.82, 2.24) is 0 Å². The molecule has 0 unspecified atom stereocenters. The highest BCUT2D eigenvalue weighted by molar-refractivity contribution is 4.82. The number of unbranched alkanes of at least 4 members (excludes halogenated alkanes) is 8. The Kier molecular flexibility index (Phi) is 18.1. The van der Waals surface area contributed by atoms with Crippen LogP contribution in [0.3, 0.4) is 0 Å². The van der Waals surface area contributed by atoms with Gasteiger partial charge in [-0.25, -0.2) is 0 Å². The second-order valence-corrected chi connectivity index (χ2v) is 6.90. The molecule has 0 aromatic rings. The minimum Gasteiger partial charge on any atom is -0.0885 e. The van der Waals surface area contributed by atoms with Gasteiger partial charge in [-0.3, -0.25) is 0 Å². The molecule has 0 nitrogen and oxygen atoms in total. The van der Waals surface area contributed by atoms with Gasteiger partial charge in [0.15, 0.2) is 0 Å². The zero-order valence-electron chi connectivity index (χ0n) is 15.8. The molecule has 0 fully saturated rings. The summed E-state index contributed by atoms with van der Waals surface area (Å²) in [6.45, 7) is 6.97. The summed E-state index contributed by atoms with van der Waals surface area (Å²) in [5.41, 5.74) is 0. The molecule has 0 aromatic carbocycles. The van der Waals surface area contributed by atoms with Gasteiger partial charge in [0.1, 0.15) is 0 Å². The molecule has 0 aliphatic rings. The Hall–Kier alpha value is -0.520. The normalized spacial score (nSPS) is 13.4. The molecule has 0 aromatic heterocycles. The zero-order valence-corrected chi connectivity index (χ0v) is 15.8. The van der Waals surface area contributed by atoms with E-state index in [4.69, 9.17) is 0 Å². The molecule has 22 heavy (non-hydrogen) atoms. The van der Waals surface area contributed by atoms with Gasteiger partial charge >= 0.3 is 0 Å². The lowest BCUT2D eigenvalue weighted by atomic mass is 9.97.